The van der Waals surface area contributed by atoms with Crippen molar-refractivity contribution in [1.82, 2.24) is 39.2 Å². The zero-order chi connectivity index (χ0) is 46.4. The number of nitrogens with one attached hydrogen (secondary N) is 3. The second-order valence-corrected chi connectivity index (χ2v) is 17.7. The van der Waals surface area contributed by atoms with Gasteiger partial charge in [-0.3, -0.25) is 28.8 Å². The van der Waals surface area contributed by atoms with Gasteiger partial charge in [0, 0.05) is 54.7 Å². The highest BCUT2D eigenvalue weighted by atomic mass is 19.3. The normalized spacial score (nSPS) is 19.1. The minimum atomic E-state index is -2.87. The Hall–Kier alpha value is -6.86. The van der Waals surface area contributed by atoms with Crippen molar-refractivity contribution in [1.29, 1.82) is 0 Å². The van der Waals surface area contributed by atoms with E-state index in [2.05, 4.69) is 42.1 Å². The molecule has 1 saturated carbocycles. The number of carbonyl (C=O) groups is 3. The summed E-state index contributed by atoms with van der Waals surface area (Å²) < 4.78 is 38.4. The number of carboxylic acid groups (broad SMARTS) is 1. The lowest BCUT2D eigenvalue weighted by atomic mass is 9.86. The number of hydrogen-bond acceptors (Lipinski definition) is 11. The zero-order valence-electron chi connectivity index (χ0n) is 36.9. The van der Waals surface area contributed by atoms with Crippen molar-refractivity contribution in [2.24, 2.45) is 5.92 Å². The molecule has 6 aromatic rings. The fourth-order valence-electron chi connectivity index (χ4n) is 9.50. The van der Waals surface area contributed by atoms with E-state index in [1.807, 2.05) is 24.3 Å². The number of nitrogens with zero attached hydrogens (tertiary/aromatic N) is 8. The van der Waals surface area contributed by atoms with Crippen LogP contribution in [0, 0.1) is 5.92 Å². The number of hydrogen-bond donors (Lipinski definition) is 4. The maximum atomic E-state index is 14.3. The molecule has 9 rings (SSSR count). The Morgan fingerprint density at radius 1 is 0.910 bits per heavy atom. The Labute approximate surface area is 384 Å². The molecule has 1 aromatic carbocycles. The van der Waals surface area contributed by atoms with Gasteiger partial charge in [-0.2, -0.15) is 10.2 Å². The van der Waals surface area contributed by atoms with Crippen LogP contribution in [0.2, 0.25) is 0 Å². The van der Waals surface area contributed by atoms with E-state index in [1.165, 1.54) is 35.2 Å². The fourth-order valence-corrected chi connectivity index (χ4v) is 9.50. The largest absolute Gasteiger partial charge is 0.480 e. The van der Waals surface area contributed by atoms with Crippen LogP contribution in [0.15, 0.2) is 90.5 Å². The Morgan fingerprint density at radius 3 is 2.52 bits per heavy atom. The number of halogens is 2. The zero-order valence-corrected chi connectivity index (χ0v) is 36.9. The maximum Gasteiger partial charge on any atom is 0.323 e. The molecule has 7 heterocycles. The number of anilines is 3. The van der Waals surface area contributed by atoms with E-state index in [1.54, 1.807) is 29.3 Å². The highest BCUT2D eigenvalue weighted by molar-refractivity contribution is 6.08. The van der Waals surface area contributed by atoms with Gasteiger partial charge in [0.15, 0.2) is 11.3 Å². The Morgan fingerprint density at radius 2 is 1.76 bits per heavy atom. The molecule has 1 aliphatic carbocycles. The number of aliphatic carboxylic acids is 1. The van der Waals surface area contributed by atoms with E-state index in [0.29, 0.717) is 29.4 Å². The van der Waals surface area contributed by atoms with Gasteiger partial charge in [-0.25, -0.2) is 18.3 Å². The van der Waals surface area contributed by atoms with Gasteiger partial charge in [0.25, 0.3) is 23.8 Å². The van der Waals surface area contributed by atoms with Crippen molar-refractivity contribution in [3.8, 4) is 11.1 Å². The molecule has 19 heteroatoms. The first-order chi connectivity index (χ1) is 32.5. The van der Waals surface area contributed by atoms with Crippen molar-refractivity contribution in [2.45, 2.75) is 95.4 Å². The van der Waals surface area contributed by atoms with Crippen molar-refractivity contribution in [3.05, 3.63) is 118 Å². The third kappa shape index (κ3) is 10.7. The first-order valence-corrected chi connectivity index (χ1v) is 22.9. The number of ether oxygens (including phenoxy) is 1. The van der Waals surface area contributed by atoms with Crippen molar-refractivity contribution in [2.75, 3.05) is 41.8 Å². The molecule has 2 aliphatic heterocycles. The number of morpholine rings is 1. The van der Waals surface area contributed by atoms with E-state index in [9.17, 15) is 28.0 Å². The van der Waals surface area contributed by atoms with Gasteiger partial charge in [-0.05, 0) is 112 Å². The number of amides is 2. The molecule has 17 nitrogen and oxygen atoms in total. The van der Waals surface area contributed by atoms with Gasteiger partial charge >= 0.3 is 5.97 Å². The molecule has 2 bridgehead atoms. The van der Waals surface area contributed by atoms with Crippen LogP contribution in [-0.4, -0.2) is 95.2 Å². The van der Waals surface area contributed by atoms with Crippen LogP contribution in [0.1, 0.15) is 102 Å². The van der Waals surface area contributed by atoms with Gasteiger partial charge in [-0.15, -0.1) is 0 Å². The van der Waals surface area contributed by atoms with E-state index in [0.717, 1.165) is 111 Å². The summed E-state index contributed by atoms with van der Waals surface area (Å²) in [5.74, 6) is -0.926. The minimum absolute atomic E-state index is 0.0150. The number of pyridine rings is 2. The van der Waals surface area contributed by atoms with Gasteiger partial charge in [0.1, 0.15) is 17.9 Å². The Kier molecular flexibility index (Phi) is 13.8. The van der Waals surface area contributed by atoms with Crippen molar-refractivity contribution < 1.29 is 33.0 Å². The van der Waals surface area contributed by atoms with Gasteiger partial charge in [0.2, 0.25) is 0 Å². The second kappa shape index (κ2) is 20.3. The number of aryl methyl sites for hydroxylation is 1. The molecular formula is C48H53F2N11O6. The first kappa shape index (κ1) is 45.3. The van der Waals surface area contributed by atoms with E-state index < -0.39 is 36.1 Å². The third-order valence-corrected chi connectivity index (χ3v) is 13.0. The molecule has 0 spiro atoms. The molecule has 3 aliphatic rings. The highest BCUT2D eigenvalue weighted by Crippen LogP contribution is 2.36. The standard InChI is InChI=1S/C48H53F2N11O6/c49-45(50)44-40(55-48(66)39-24-53-60-17-14-41(56-46(39)60)59-26-38-21-37(59)29-67-38)27-61(57-44)36-11-8-30(9-12-36)22-51-15-4-2-1-3-6-31-18-33(32-7-5-16-52-23-32)20-34(19-31)47(65)54-35-10-13-42(62)58(25-35)28-43(63)64/h5,7,10,13-14,16-20,23-25,27,30,36-38,45,51H,1-4,6,8-9,11-12,15,21-22,26,28-29H2,(H,54,65)(H,55,66)(H,63,64)/t30?,36?,37-,38-/m1/s1. The number of rotatable bonds is 19. The Balaban J connectivity index is 0.718. The number of unbranched alkanes of at least 4 members (excludes halogenated alkanes) is 3. The lowest BCUT2D eigenvalue weighted by Crippen LogP contribution is -2.37. The monoisotopic (exact) mass is 917 g/mol. The summed E-state index contributed by atoms with van der Waals surface area (Å²) in [6.45, 7) is 2.62. The van der Waals surface area contributed by atoms with Crippen LogP contribution in [0.5, 0.6) is 0 Å². The molecule has 5 aromatic heterocycles. The number of aromatic nitrogens is 7. The number of benzene rings is 1. The summed E-state index contributed by atoms with van der Waals surface area (Å²) >= 11 is 0. The van der Waals surface area contributed by atoms with Crippen LogP contribution < -0.4 is 26.4 Å². The van der Waals surface area contributed by atoms with Crippen molar-refractivity contribution in [3.63, 3.8) is 0 Å². The first-order valence-electron chi connectivity index (χ1n) is 22.9. The fraction of sp³-hybridized carbons (Fsp3) is 0.417. The number of carboxylic acids is 1. The van der Waals surface area contributed by atoms with Crippen LogP contribution in [-0.2, 0) is 22.5 Å². The summed E-state index contributed by atoms with van der Waals surface area (Å²) in [5, 5.41) is 26.8. The molecule has 0 radical (unpaired) electrons. The van der Waals surface area contributed by atoms with E-state index in [-0.39, 0.29) is 35.3 Å². The van der Waals surface area contributed by atoms with E-state index >= 15 is 0 Å². The van der Waals surface area contributed by atoms with Gasteiger partial charge in [0.05, 0.1) is 42.4 Å². The number of alkyl halides is 2. The quantitative estimate of drug-likeness (QED) is 0.0622. The molecule has 3 fully saturated rings. The molecule has 2 atom stereocenters. The molecule has 2 saturated heterocycles. The van der Waals surface area contributed by atoms with Gasteiger partial charge < -0.3 is 35.3 Å². The van der Waals surface area contributed by atoms with Crippen LogP contribution in [0.4, 0.5) is 26.0 Å². The summed E-state index contributed by atoms with van der Waals surface area (Å²) in [6.07, 6.45) is 15.9. The molecule has 67 heavy (non-hydrogen) atoms. The average molecular weight is 918 g/mol. The summed E-state index contributed by atoms with van der Waals surface area (Å²) in [6, 6.07) is 14.2. The summed E-state index contributed by atoms with van der Waals surface area (Å²) in [7, 11) is 0. The third-order valence-electron chi connectivity index (χ3n) is 13.0. The molecule has 2 amide bonds. The van der Waals surface area contributed by atoms with Crippen molar-refractivity contribution >= 4 is 40.6 Å². The molecule has 350 valence electrons. The predicted molar refractivity (Wildman–Crippen MR) is 246 cm³/mol. The SMILES string of the molecule is O=C(O)Cn1cc(NC(=O)c2cc(CCCCCCNCC3CCC(n4cc(NC(=O)c5cnn6ccc(N7C[C@H]8C[C@@H]7CO8)nc56)c(C(F)F)n4)CC3)cc(-c3cccnc3)c2)ccc1=O. The van der Waals surface area contributed by atoms with E-state index in [4.69, 9.17) is 14.8 Å². The average Bonchev–Trinajstić information content (AvgIpc) is 4.16. The van der Waals surface area contributed by atoms with Crippen LogP contribution in [0.3, 0.4) is 0 Å². The Bertz CT molecular complexity index is 2790. The summed E-state index contributed by atoms with van der Waals surface area (Å²) in [5.41, 5.74) is 3.07. The molecular weight excluding hydrogens is 865 g/mol. The summed E-state index contributed by atoms with van der Waals surface area (Å²) in [4.78, 5) is 61.4. The van der Waals surface area contributed by atoms with Gasteiger partial charge in [-0.1, -0.05) is 25.0 Å². The predicted octanol–water partition coefficient (Wildman–Crippen LogP) is 6.78. The smallest absolute Gasteiger partial charge is 0.323 e. The van der Waals surface area contributed by atoms with Crippen LogP contribution in [0.25, 0.3) is 16.8 Å². The molecule has 0 unspecified atom stereocenters. The number of carbonyl (C=O) groups excluding carboxylic acids is 2. The number of fused-ring (bicyclic) bond motifs is 3. The second-order valence-electron chi connectivity index (χ2n) is 17.7. The highest BCUT2D eigenvalue weighted by Gasteiger charge is 2.40. The lowest BCUT2D eigenvalue weighted by molar-refractivity contribution is -0.137. The minimum Gasteiger partial charge on any atom is -0.480 e. The maximum absolute atomic E-state index is 14.3. The molecule has 4 N–H and O–H groups in total. The topological polar surface area (TPSA) is 203 Å². The lowest BCUT2D eigenvalue weighted by Gasteiger charge is -2.29. The van der Waals surface area contributed by atoms with Crippen LogP contribution >= 0.6 is 0 Å².